The molecule has 0 fully saturated rings. The molecule has 0 saturated carbocycles. The Kier molecular flexibility index (Phi) is 3.43. The molecule has 0 amide bonds. The third kappa shape index (κ3) is 2.12. The first-order valence-corrected chi connectivity index (χ1v) is 7.67. The van der Waals surface area contributed by atoms with E-state index in [-0.39, 0.29) is 6.04 Å². The first kappa shape index (κ1) is 12.8. The summed E-state index contributed by atoms with van der Waals surface area (Å²) in [7, 11) is 0. The molecule has 2 aromatic heterocycles. The van der Waals surface area contributed by atoms with E-state index in [4.69, 9.17) is 23.8 Å². The van der Waals surface area contributed by atoms with Crippen LogP contribution in [-0.2, 0) is 0 Å². The highest BCUT2D eigenvalue weighted by Gasteiger charge is 2.18. The Morgan fingerprint density at radius 2 is 2.37 bits per heavy atom. The van der Waals surface area contributed by atoms with Gasteiger partial charge in [0, 0.05) is 11.6 Å². The molecule has 0 aliphatic heterocycles. The van der Waals surface area contributed by atoms with Gasteiger partial charge in [-0.25, -0.2) is 4.98 Å². The van der Waals surface area contributed by atoms with Crippen molar-refractivity contribution in [1.82, 2.24) is 14.5 Å². The maximum Gasteiger partial charge on any atom is 0.178 e. The van der Waals surface area contributed by atoms with E-state index < -0.39 is 0 Å². The SMILES string of the molecule is CCC(c1nccs1)n1c(=S)[nH]c2c(Cl)cccc21. The zero-order valence-electron chi connectivity index (χ0n) is 10.3. The summed E-state index contributed by atoms with van der Waals surface area (Å²) in [5.74, 6) is 0. The van der Waals surface area contributed by atoms with Crippen LogP contribution in [0.15, 0.2) is 29.8 Å². The number of hydrogen-bond donors (Lipinski definition) is 1. The summed E-state index contributed by atoms with van der Waals surface area (Å²) in [4.78, 5) is 7.61. The summed E-state index contributed by atoms with van der Waals surface area (Å²) in [6.07, 6.45) is 2.76. The van der Waals surface area contributed by atoms with E-state index in [9.17, 15) is 0 Å². The second-order valence-corrected chi connectivity index (χ2v) is 5.95. The molecule has 3 nitrogen and oxygen atoms in total. The van der Waals surface area contributed by atoms with Crippen LogP contribution in [0.5, 0.6) is 0 Å². The molecule has 2 heterocycles. The second kappa shape index (κ2) is 5.07. The number of H-pyrrole nitrogens is 1. The van der Waals surface area contributed by atoms with Gasteiger partial charge in [0.25, 0.3) is 0 Å². The van der Waals surface area contributed by atoms with Crippen LogP contribution in [0.1, 0.15) is 24.4 Å². The fourth-order valence-electron chi connectivity index (χ4n) is 2.29. The Bertz CT molecular complexity index is 758. The lowest BCUT2D eigenvalue weighted by molar-refractivity contribution is 0.572. The van der Waals surface area contributed by atoms with E-state index >= 15 is 0 Å². The van der Waals surface area contributed by atoms with E-state index in [2.05, 4.69) is 21.5 Å². The van der Waals surface area contributed by atoms with Gasteiger partial charge in [0.05, 0.1) is 22.1 Å². The lowest BCUT2D eigenvalue weighted by Gasteiger charge is -2.15. The summed E-state index contributed by atoms with van der Waals surface area (Å²) >= 11 is 13.3. The zero-order valence-corrected chi connectivity index (χ0v) is 12.6. The lowest BCUT2D eigenvalue weighted by atomic mass is 10.2. The third-order valence-electron chi connectivity index (χ3n) is 3.14. The topological polar surface area (TPSA) is 33.6 Å². The first-order chi connectivity index (χ1) is 9.22. The van der Waals surface area contributed by atoms with Crippen LogP contribution >= 0.6 is 35.2 Å². The summed E-state index contributed by atoms with van der Waals surface area (Å²) in [5, 5.41) is 3.75. The average Bonchev–Trinajstić information content (AvgIpc) is 3.01. The summed E-state index contributed by atoms with van der Waals surface area (Å²) in [6.45, 7) is 2.14. The number of aromatic nitrogens is 3. The number of para-hydroxylation sites is 1. The fourth-order valence-corrected chi connectivity index (χ4v) is 3.65. The minimum atomic E-state index is 0.153. The lowest BCUT2D eigenvalue weighted by Crippen LogP contribution is -2.09. The maximum atomic E-state index is 6.21. The van der Waals surface area contributed by atoms with Crippen molar-refractivity contribution in [3.05, 3.63) is 44.6 Å². The predicted octanol–water partition coefficient (Wildman–Crippen LogP) is 4.81. The highest BCUT2D eigenvalue weighted by molar-refractivity contribution is 7.71. The van der Waals surface area contributed by atoms with Crippen molar-refractivity contribution >= 4 is 46.2 Å². The molecular weight excluding hydrogens is 298 g/mol. The van der Waals surface area contributed by atoms with Crippen LogP contribution in [-0.4, -0.2) is 14.5 Å². The average molecular weight is 310 g/mol. The van der Waals surface area contributed by atoms with Crippen LogP contribution < -0.4 is 0 Å². The molecule has 19 heavy (non-hydrogen) atoms. The van der Waals surface area contributed by atoms with Gasteiger partial charge >= 0.3 is 0 Å². The summed E-state index contributed by atoms with van der Waals surface area (Å²) in [6, 6.07) is 5.99. The van der Waals surface area contributed by atoms with E-state index in [0.717, 1.165) is 22.5 Å². The van der Waals surface area contributed by atoms with Crippen LogP contribution in [0.3, 0.4) is 0 Å². The van der Waals surface area contributed by atoms with Crippen LogP contribution in [0.2, 0.25) is 5.02 Å². The van der Waals surface area contributed by atoms with Crippen LogP contribution in [0, 0.1) is 4.77 Å². The van der Waals surface area contributed by atoms with E-state index in [1.54, 1.807) is 11.3 Å². The number of hydrogen-bond acceptors (Lipinski definition) is 3. The Balaban J connectivity index is 2.27. The largest absolute Gasteiger partial charge is 0.329 e. The molecular formula is C13H12ClN3S2. The Morgan fingerprint density at radius 1 is 1.53 bits per heavy atom. The number of benzene rings is 1. The van der Waals surface area contributed by atoms with Gasteiger partial charge in [-0.2, -0.15) is 0 Å². The summed E-state index contributed by atoms with van der Waals surface area (Å²) < 4.78 is 2.79. The molecule has 0 spiro atoms. The number of rotatable bonds is 3. The van der Waals surface area contributed by atoms with Gasteiger partial charge in [0.2, 0.25) is 0 Å². The monoisotopic (exact) mass is 309 g/mol. The molecule has 1 unspecified atom stereocenters. The highest BCUT2D eigenvalue weighted by Crippen LogP contribution is 2.30. The molecule has 0 radical (unpaired) electrons. The molecule has 0 saturated heterocycles. The first-order valence-electron chi connectivity index (χ1n) is 6.00. The van der Waals surface area contributed by atoms with E-state index in [1.807, 2.05) is 29.8 Å². The third-order valence-corrected chi connectivity index (χ3v) is 4.63. The van der Waals surface area contributed by atoms with Crippen molar-refractivity contribution in [2.24, 2.45) is 0 Å². The van der Waals surface area contributed by atoms with E-state index in [0.29, 0.717) is 9.79 Å². The number of fused-ring (bicyclic) bond motifs is 1. The van der Waals surface area contributed by atoms with E-state index in [1.165, 1.54) is 0 Å². The number of nitrogens with one attached hydrogen (secondary N) is 1. The minimum Gasteiger partial charge on any atom is -0.329 e. The molecule has 0 aliphatic carbocycles. The van der Waals surface area contributed by atoms with Gasteiger partial charge < -0.3 is 9.55 Å². The van der Waals surface area contributed by atoms with Crippen molar-refractivity contribution in [3.63, 3.8) is 0 Å². The fraction of sp³-hybridized carbons (Fsp3) is 0.231. The second-order valence-electron chi connectivity index (χ2n) is 4.23. The maximum absolute atomic E-state index is 6.21. The highest BCUT2D eigenvalue weighted by atomic mass is 35.5. The Hall–Kier alpha value is -1.17. The Morgan fingerprint density at radius 3 is 3.05 bits per heavy atom. The van der Waals surface area contributed by atoms with Crippen LogP contribution in [0.25, 0.3) is 11.0 Å². The zero-order chi connectivity index (χ0) is 13.4. The van der Waals surface area contributed by atoms with Gasteiger partial charge in [0.1, 0.15) is 5.01 Å². The molecule has 1 aromatic carbocycles. The van der Waals surface area contributed by atoms with Crippen molar-refractivity contribution < 1.29 is 0 Å². The molecule has 3 aromatic rings. The standard InChI is InChI=1S/C13H12ClN3S2/c1-2-9(12-15-6-7-19-12)17-10-5-3-4-8(14)11(10)16-13(17)18/h3-7,9H,2H2,1H3,(H,16,18). The van der Waals surface area contributed by atoms with Gasteiger partial charge in [-0.15, -0.1) is 11.3 Å². The predicted molar refractivity (Wildman–Crippen MR) is 82.7 cm³/mol. The van der Waals surface area contributed by atoms with Crippen LogP contribution in [0.4, 0.5) is 0 Å². The normalized spacial score (nSPS) is 12.9. The van der Waals surface area contributed by atoms with Crippen molar-refractivity contribution in [3.8, 4) is 0 Å². The van der Waals surface area contributed by atoms with Crippen molar-refractivity contribution in [1.29, 1.82) is 0 Å². The van der Waals surface area contributed by atoms with Gasteiger partial charge in [0.15, 0.2) is 4.77 Å². The molecule has 98 valence electrons. The molecule has 6 heteroatoms. The smallest absolute Gasteiger partial charge is 0.178 e. The number of aromatic amines is 1. The number of imidazole rings is 1. The summed E-state index contributed by atoms with van der Waals surface area (Å²) in [5.41, 5.74) is 1.92. The minimum absolute atomic E-state index is 0.153. The van der Waals surface area contributed by atoms with Gasteiger partial charge in [-0.3, -0.25) is 0 Å². The number of thiazole rings is 1. The molecule has 0 aliphatic rings. The van der Waals surface area contributed by atoms with Crippen molar-refractivity contribution in [2.75, 3.05) is 0 Å². The number of nitrogens with zero attached hydrogens (tertiary/aromatic N) is 2. The van der Waals surface area contributed by atoms with Crippen molar-refractivity contribution in [2.45, 2.75) is 19.4 Å². The molecule has 3 rings (SSSR count). The van der Waals surface area contributed by atoms with Gasteiger partial charge in [-0.1, -0.05) is 24.6 Å². The molecule has 1 N–H and O–H groups in total. The molecule has 1 atom stereocenters. The quantitative estimate of drug-likeness (QED) is 0.704. The number of halogens is 1. The molecule has 0 bridgehead atoms. The van der Waals surface area contributed by atoms with Gasteiger partial charge in [-0.05, 0) is 30.8 Å². The Labute approximate surface area is 124 Å².